The van der Waals surface area contributed by atoms with E-state index in [-0.39, 0.29) is 27.6 Å². The third-order valence-electron chi connectivity index (χ3n) is 3.26. The van der Waals surface area contributed by atoms with Gasteiger partial charge in [0.1, 0.15) is 5.75 Å². The smallest absolute Gasteiger partial charge is 0.272 e. The summed E-state index contributed by atoms with van der Waals surface area (Å²) in [7, 11) is 0. The van der Waals surface area contributed by atoms with Gasteiger partial charge in [0.2, 0.25) is 0 Å². The van der Waals surface area contributed by atoms with Crippen molar-refractivity contribution in [2.45, 2.75) is 13.8 Å². The van der Waals surface area contributed by atoms with E-state index < -0.39 is 10.8 Å². The first-order valence-corrected chi connectivity index (χ1v) is 7.25. The molecule has 1 amide bonds. The fourth-order valence-electron chi connectivity index (χ4n) is 2.02. The molecular weight excluding hydrogens is 334 g/mol. The van der Waals surface area contributed by atoms with Crippen LogP contribution in [-0.2, 0) is 0 Å². The zero-order valence-corrected chi connectivity index (χ0v) is 13.7. The van der Waals surface area contributed by atoms with Crippen molar-refractivity contribution in [3.8, 4) is 5.75 Å². The van der Waals surface area contributed by atoms with E-state index in [1.54, 1.807) is 18.2 Å². The second-order valence-electron chi connectivity index (χ2n) is 5.14. The number of phenolic OH excluding ortho intramolecular Hbond substituents is 1. The lowest BCUT2D eigenvalue weighted by Gasteiger charge is -2.05. The molecule has 2 aromatic carbocycles. The molecule has 0 aliphatic carbocycles. The van der Waals surface area contributed by atoms with Gasteiger partial charge in [-0.2, -0.15) is 5.10 Å². The zero-order chi connectivity index (χ0) is 17.9. The number of aryl methyl sites for hydroxylation is 2. The molecule has 0 saturated heterocycles. The monoisotopic (exact) mass is 347 g/mol. The molecule has 0 bridgehead atoms. The molecule has 24 heavy (non-hydrogen) atoms. The number of nitro benzene ring substituents is 1. The maximum absolute atomic E-state index is 12.0. The number of hydrogen-bond acceptors (Lipinski definition) is 5. The van der Waals surface area contributed by atoms with Crippen molar-refractivity contribution in [2.75, 3.05) is 0 Å². The molecule has 0 aliphatic rings. The van der Waals surface area contributed by atoms with Crippen LogP contribution in [0.5, 0.6) is 5.75 Å². The Balaban J connectivity index is 2.20. The Morgan fingerprint density at radius 2 is 2.04 bits per heavy atom. The van der Waals surface area contributed by atoms with Gasteiger partial charge in [-0.1, -0.05) is 17.7 Å². The van der Waals surface area contributed by atoms with Crippen molar-refractivity contribution in [1.29, 1.82) is 0 Å². The summed E-state index contributed by atoms with van der Waals surface area (Å²) in [4.78, 5) is 22.3. The Hall–Kier alpha value is -2.93. The minimum Gasteiger partial charge on any atom is -0.507 e. The van der Waals surface area contributed by atoms with Crippen LogP contribution in [0.1, 0.15) is 27.0 Å². The molecule has 0 heterocycles. The molecular formula is C16H14ClN3O4. The number of non-ortho nitro benzene ring substituents is 1. The van der Waals surface area contributed by atoms with Crippen molar-refractivity contribution in [2.24, 2.45) is 5.10 Å². The van der Waals surface area contributed by atoms with Crippen molar-refractivity contribution < 1.29 is 14.8 Å². The number of phenols is 1. The van der Waals surface area contributed by atoms with Crippen molar-refractivity contribution in [3.63, 3.8) is 0 Å². The predicted octanol–water partition coefficient (Wildman–Crippen LogP) is 3.33. The number of nitrogens with one attached hydrogen (secondary N) is 1. The number of rotatable bonds is 4. The second kappa shape index (κ2) is 7.10. The highest BCUT2D eigenvalue weighted by atomic mass is 35.5. The van der Waals surface area contributed by atoms with Crippen LogP contribution in [0.15, 0.2) is 35.4 Å². The van der Waals surface area contributed by atoms with E-state index in [0.717, 1.165) is 17.8 Å². The molecule has 0 radical (unpaired) electrons. The number of nitro groups is 1. The third-order valence-corrected chi connectivity index (χ3v) is 3.58. The minimum absolute atomic E-state index is 0.122. The summed E-state index contributed by atoms with van der Waals surface area (Å²) in [5.41, 5.74) is 3.70. The predicted molar refractivity (Wildman–Crippen MR) is 90.7 cm³/mol. The SMILES string of the molecule is Cc1ccc(C(=O)N/N=C/c2cc([N+](=O)[O-])cc(C)c2O)c(Cl)c1. The highest BCUT2D eigenvalue weighted by Gasteiger charge is 2.13. The summed E-state index contributed by atoms with van der Waals surface area (Å²) in [6, 6.07) is 7.36. The van der Waals surface area contributed by atoms with Crippen LogP contribution in [0.4, 0.5) is 5.69 Å². The van der Waals surface area contributed by atoms with E-state index in [2.05, 4.69) is 10.5 Å². The molecule has 8 heteroatoms. The number of amides is 1. The van der Waals surface area contributed by atoms with Crippen LogP contribution in [0.25, 0.3) is 0 Å². The van der Waals surface area contributed by atoms with Gasteiger partial charge in [0, 0.05) is 17.7 Å². The first-order chi connectivity index (χ1) is 11.3. The van der Waals surface area contributed by atoms with Crippen molar-refractivity contribution >= 4 is 29.4 Å². The van der Waals surface area contributed by atoms with Gasteiger partial charge in [0.05, 0.1) is 21.7 Å². The Morgan fingerprint density at radius 3 is 2.67 bits per heavy atom. The molecule has 0 atom stereocenters. The van der Waals surface area contributed by atoms with Crippen LogP contribution in [-0.4, -0.2) is 22.2 Å². The molecule has 2 aromatic rings. The summed E-state index contributed by atoms with van der Waals surface area (Å²) in [5, 5.41) is 24.8. The second-order valence-corrected chi connectivity index (χ2v) is 5.55. The van der Waals surface area contributed by atoms with Gasteiger partial charge >= 0.3 is 0 Å². The van der Waals surface area contributed by atoms with Crippen LogP contribution >= 0.6 is 11.6 Å². The molecule has 0 spiro atoms. The van der Waals surface area contributed by atoms with E-state index in [9.17, 15) is 20.0 Å². The molecule has 7 nitrogen and oxygen atoms in total. The largest absolute Gasteiger partial charge is 0.507 e. The van der Waals surface area contributed by atoms with Crippen molar-refractivity contribution in [1.82, 2.24) is 5.43 Å². The van der Waals surface area contributed by atoms with Crippen LogP contribution in [0.3, 0.4) is 0 Å². The highest BCUT2D eigenvalue weighted by Crippen LogP contribution is 2.26. The number of carbonyl (C=O) groups is 1. The fraction of sp³-hybridized carbons (Fsp3) is 0.125. The van der Waals surface area contributed by atoms with E-state index in [0.29, 0.717) is 5.56 Å². The molecule has 0 saturated carbocycles. The van der Waals surface area contributed by atoms with Crippen molar-refractivity contribution in [3.05, 3.63) is 67.7 Å². The van der Waals surface area contributed by atoms with Gasteiger partial charge in [-0.05, 0) is 37.1 Å². The molecule has 0 unspecified atom stereocenters. The van der Waals surface area contributed by atoms with Gasteiger partial charge in [0.25, 0.3) is 11.6 Å². The fourth-order valence-corrected chi connectivity index (χ4v) is 2.34. The molecule has 0 aliphatic heterocycles. The van der Waals surface area contributed by atoms with E-state index in [4.69, 9.17) is 11.6 Å². The first kappa shape index (κ1) is 17.4. The van der Waals surface area contributed by atoms with Gasteiger partial charge in [0.15, 0.2) is 0 Å². The number of benzene rings is 2. The maximum atomic E-state index is 12.0. The Morgan fingerprint density at radius 1 is 1.33 bits per heavy atom. The highest BCUT2D eigenvalue weighted by molar-refractivity contribution is 6.33. The summed E-state index contributed by atoms with van der Waals surface area (Å²) < 4.78 is 0. The number of halogens is 1. The normalized spacial score (nSPS) is 10.8. The van der Waals surface area contributed by atoms with Gasteiger partial charge in [-0.3, -0.25) is 14.9 Å². The average molecular weight is 348 g/mol. The number of hydrogen-bond donors (Lipinski definition) is 2. The third kappa shape index (κ3) is 3.88. The summed E-state index contributed by atoms with van der Waals surface area (Å²) in [5.74, 6) is -0.676. The summed E-state index contributed by atoms with van der Waals surface area (Å²) in [6.45, 7) is 3.38. The van der Waals surface area contributed by atoms with Gasteiger partial charge in [-0.25, -0.2) is 5.43 Å². The Bertz CT molecular complexity index is 849. The standard InChI is InChI=1S/C16H14ClN3O4/c1-9-3-4-13(14(17)5-9)16(22)19-18-8-11-7-12(20(23)24)6-10(2)15(11)21/h3-8,21H,1-2H3,(H,19,22)/b18-8+. The van der Waals surface area contributed by atoms with E-state index in [1.165, 1.54) is 13.0 Å². The Labute approximate surface area is 142 Å². The quantitative estimate of drug-likeness (QED) is 0.502. The number of nitrogens with zero attached hydrogens (tertiary/aromatic N) is 2. The first-order valence-electron chi connectivity index (χ1n) is 6.87. The van der Waals surface area contributed by atoms with Crippen LogP contribution in [0.2, 0.25) is 5.02 Å². The van der Waals surface area contributed by atoms with Gasteiger partial charge in [-0.15, -0.1) is 0 Å². The number of aromatic hydroxyl groups is 1. The van der Waals surface area contributed by atoms with E-state index in [1.807, 2.05) is 6.92 Å². The Kier molecular flexibility index (Phi) is 5.15. The summed E-state index contributed by atoms with van der Waals surface area (Å²) >= 11 is 5.99. The number of hydrazone groups is 1. The number of carbonyl (C=O) groups excluding carboxylic acids is 1. The average Bonchev–Trinajstić information content (AvgIpc) is 2.50. The van der Waals surface area contributed by atoms with E-state index >= 15 is 0 Å². The molecule has 2 rings (SSSR count). The molecule has 0 aromatic heterocycles. The van der Waals surface area contributed by atoms with Crippen LogP contribution in [0, 0.1) is 24.0 Å². The lowest BCUT2D eigenvalue weighted by molar-refractivity contribution is -0.384. The van der Waals surface area contributed by atoms with Gasteiger partial charge < -0.3 is 5.11 Å². The molecule has 2 N–H and O–H groups in total. The lowest BCUT2D eigenvalue weighted by Crippen LogP contribution is -2.18. The minimum atomic E-state index is -0.575. The zero-order valence-electron chi connectivity index (χ0n) is 12.9. The molecule has 124 valence electrons. The summed E-state index contributed by atoms with van der Waals surface area (Å²) in [6.07, 6.45) is 1.13. The maximum Gasteiger partial charge on any atom is 0.272 e. The topological polar surface area (TPSA) is 105 Å². The van der Waals surface area contributed by atoms with Crippen LogP contribution < -0.4 is 5.43 Å². The molecule has 0 fully saturated rings. The lowest BCUT2D eigenvalue weighted by atomic mass is 10.1.